The van der Waals surface area contributed by atoms with E-state index in [1.54, 1.807) is 48.7 Å². The summed E-state index contributed by atoms with van der Waals surface area (Å²) in [5, 5.41) is 46.9. The predicted octanol–water partition coefficient (Wildman–Crippen LogP) is 2.87. The highest BCUT2D eigenvalue weighted by atomic mass is 16.4. The van der Waals surface area contributed by atoms with Crippen LogP contribution in [0, 0.1) is 29.6 Å². The Hall–Kier alpha value is -9.26. The predicted molar refractivity (Wildman–Crippen MR) is 333 cm³/mol. The average Bonchev–Trinajstić information content (AvgIpc) is 2.56. The van der Waals surface area contributed by atoms with Crippen molar-refractivity contribution in [1.82, 2.24) is 36.9 Å². The number of aliphatic carboxylic acids is 1. The maximum atomic E-state index is 14.3. The number of ketones is 4. The summed E-state index contributed by atoms with van der Waals surface area (Å²) in [7, 11) is 1.52. The Bertz CT molecular complexity index is 3130. The normalized spacial score (nSPS) is 14.6. The van der Waals surface area contributed by atoms with Gasteiger partial charge in [0.05, 0.1) is 24.1 Å². The third-order valence-electron chi connectivity index (χ3n) is 15.1. The number of phenols is 1. The molecule has 0 saturated carbocycles. The van der Waals surface area contributed by atoms with Crippen LogP contribution in [0.25, 0.3) is 10.9 Å². The van der Waals surface area contributed by atoms with Gasteiger partial charge in [0.25, 0.3) is 0 Å². The number of primary amides is 2. The molecule has 0 aliphatic carbocycles. The Morgan fingerprint density at radius 3 is 1.83 bits per heavy atom. The van der Waals surface area contributed by atoms with E-state index in [1.807, 2.05) is 38.1 Å². The largest absolute Gasteiger partial charge is 0.508 e. The van der Waals surface area contributed by atoms with Gasteiger partial charge in [-0.15, -0.1) is 0 Å². The number of rotatable bonds is 40. The van der Waals surface area contributed by atoms with Gasteiger partial charge < -0.3 is 69.4 Å². The van der Waals surface area contributed by atoms with Crippen molar-refractivity contribution in [3.63, 3.8) is 0 Å². The van der Waals surface area contributed by atoms with Crippen LogP contribution in [0.15, 0.2) is 102 Å². The lowest BCUT2D eigenvalue weighted by molar-refractivity contribution is -0.139. The molecule has 0 radical (unpaired) electrons. The summed E-state index contributed by atoms with van der Waals surface area (Å²) in [6.45, 7) is 6.02. The van der Waals surface area contributed by atoms with Gasteiger partial charge in [-0.1, -0.05) is 86.7 Å². The van der Waals surface area contributed by atoms with Gasteiger partial charge in [0.1, 0.15) is 23.6 Å². The van der Waals surface area contributed by atoms with Gasteiger partial charge in [-0.05, 0) is 92.7 Å². The molecule has 0 aliphatic rings. The third-order valence-corrected chi connectivity index (χ3v) is 15.1. The number of nitrogens with two attached hydrogens (primary N) is 3. The molecule has 1 heterocycles. The number of carbonyl (C=O) groups is 11. The summed E-state index contributed by atoms with van der Waals surface area (Å²) in [5.74, 6) is -11.6. The minimum absolute atomic E-state index is 0.00529. The zero-order chi connectivity index (χ0) is 65.7. The number of carbonyl (C=O) groups excluding carboxylic acids is 10. The first-order chi connectivity index (χ1) is 42.2. The smallest absolute Gasteiger partial charge is 0.312 e. The van der Waals surface area contributed by atoms with Crippen LogP contribution in [0.3, 0.4) is 0 Å². The van der Waals surface area contributed by atoms with Crippen molar-refractivity contribution in [1.29, 1.82) is 0 Å². The number of nitrogens with one attached hydrogen (secondary N) is 7. The van der Waals surface area contributed by atoms with Crippen molar-refractivity contribution in [3.8, 4) is 5.75 Å². The Morgan fingerprint density at radius 2 is 1.22 bits per heavy atom. The van der Waals surface area contributed by atoms with Crippen LogP contribution in [-0.4, -0.2) is 141 Å². The Labute approximate surface area is 517 Å². The number of aromatic amines is 1. The van der Waals surface area contributed by atoms with Crippen molar-refractivity contribution in [2.24, 2.45) is 51.8 Å². The minimum atomic E-state index is -1.64. The lowest BCUT2D eigenvalue weighted by Crippen LogP contribution is -2.53. The number of urea groups is 1. The van der Waals surface area contributed by atoms with E-state index in [0.717, 1.165) is 16.5 Å². The van der Waals surface area contributed by atoms with Gasteiger partial charge in [0, 0.05) is 100 Å². The molecule has 0 fully saturated rings. The number of Topliss-reactive ketones (excluding diaryl/α,β-unsaturated/α-hetero) is 4. The summed E-state index contributed by atoms with van der Waals surface area (Å²) >= 11 is 0. The van der Waals surface area contributed by atoms with E-state index in [0.29, 0.717) is 30.5 Å². The van der Waals surface area contributed by atoms with Crippen LogP contribution in [0.1, 0.15) is 109 Å². The molecule has 0 unspecified atom stereocenters. The number of fused-ring (bicyclic) bond motifs is 1. The van der Waals surface area contributed by atoms with Crippen molar-refractivity contribution in [2.45, 2.75) is 141 Å². The van der Waals surface area contributed by atoms with E-state index < -0.39 is 145 Å². The summed E-state index contributed by atoms with van der Waals surface area (Å²) in [6, 6.07) is 15.8. The molecular formula is C64H87N11O14. The highest BCUT2D eigenvalue weighted by Gasteiger charge is 2.36. The molecule has 25 heteroatoms. The maximum absolute atomic E-state index is 14.3. The third kappa shape index (κ3) is 25.5. The molecule has 1 aromatic heterocycles. The van der Waals surface area contributed by atoms with Crippen molar-refractivity contribution in [3.05, 3.63) is 114 Å². The second-order valence-corrected chi connectivity index (χ2v) is 22.7. The lowest BCUT2D eigenvalue weighted by Gasteiger charge is -2.26. The molecule has 4 aromatic rings. The highest BCUT2D eigenvalue weighted by Crippen LogP contribution is 2.25. The fourth-order valence-electron chi connectivity index (χ4n) is 10.2. The monoisotopic (exact) mass is 1230 g/mol. The number of phenolic OH excluding ortho intramolecular Hbond substituents is 1. The van der Waals surface area contributed by atoms with E-state index in [9.17, 15) is 68.1 Å². The zero-order valence-corrected chi connectivity index (χ0v) is 51.1. The molecule has 16 N–H and O–H groups in total. The van der Waals surface area contributed by atoms with Gasteiger partial charge in [-0.25, -0.2) is 4.79 Å². The van der Waals surface area contributed by atoms with Crippen LogP contribution >= 0.6 is 0 Å². The second-order valence-electron chi connectivity index (χ2n) is 22.7. The van der Waals surface area contributed by atoms with Gasteiger partial charge in [0.2, 0.25) is 29.5 Å². The maximum Gasteiger partial charge on any atom is 0.312 e. The molecule has 0 saturated heterocycles. The molecule has 0 spiro atoms. The van der Waals surface area contributed by atoms with Crippen LogP contribution in [0.4, 0.5) is 4.79 Å². The number of hydrogen-bond donors (Lipinski definition) is 13. The van der Waals surface area contributed by atoms with E-state index >= 15 is 0 Å². The molecule has 4 rings (SSSR count). The Morgan fingerprint density at radius 1 is 0.640 bits per heavy atom. The molecule has 9 atom stereocenters. The van der Waals surface area contributed by atoms with Gasteiger partial charge in [0.15, 0.2) is 23.3 Å². The molecule has 89 heavy (non-hydrogen) atoms. The van der Waals surface area contributed by atoms with Crippen LogP contribution in [0.2, 0.25) is 0 Å². The van der Waals surface area contributed by atoms with E-state index in [4.69, 9.17) is 17.2 Å². The summed E-state index contributed by atoms with van der Waals surface area (Å²) < 4.78 is 0. The number of aliphatic imine (C=N–C) groups is 1. The van der Waals surface area contributed by atoms with E-state index in [1.165, 1.54) is 45.2 Å². The number of para-hydroxylation sites is 1. The number of carboxylic acids is 1. The number of nitrogens with zero attached hydrogens (tertiary/aromatic N) is 1. The first-order valence-corrected chi connectivity index (χ1v) is 29.8. The Kier molecular flexibility index (Phi) is 29.8. The van der Waals surface area contributed by atoms with E-state index in [2.05, 4.69) is 41.9 Å². The Balaban J connectivity index is 1.52. The van der Waals surface area contributed by atoms with Gasteiger partial charge in [-0.2, -0.15) is 0 Å². The number of aliphatic hydroxyl groups excluding tert-OH is 1. The van der Waals surface area contributed by atoms with Crippen molar-refractivity contribution < 1.29 is 68.1 Å². The zero-order valence-electron chi connectivity index (χ0n) is 51.1. The van der Waals surface area contributed by atoms with Gasteiger partial charge >= 0.3 is 12.0 Å². The summed E-state index contributed by atoms with van der Waals surface area (Å²) in [6.07, 6.45) is 2.16. The molecule has 25 nitrogen and oxygen atoms in total. The van der Waals surface area contributed by atoms with Crippen LogP contribution in [-0.2, 0) is 67.2 Å². The molecule has 0 aliphatic heterocycles. The second kappa shape index (κ2) is 36.8. The minimum Gasteiger partial charge on any atom is -0.508 e. The highest BCUT2D eigenvalue weighted by molar-refractivity contribution is 5.97. The number of carboxylic acid groups (broad SMARTS) is 1. The van der Waals surface area contributed by atoms with E-state index in [-0.39, 0.29) is 68.4 Å². The number of amides is 7. The fourth-order valence-corrected chi connectivity index (χ4v) is 10.2. The number of aromatic nitrogens is 1. The molecule has 0 bridgehead atoms. The SMILES string of the molecule is CN=C(N)NCCC[C@H](CC(=O)[C@@H](/C=C/CCC(=O)[C@H](Cc1ccccc1)NC(=O)[C@@H](CC(=O)[C@H](CNC(N)=O)NC(=O)[C@H](CCC(=O)O)CC(=O)[C@@H](Cc1ccc(O)cc1)NC(C)=O)[C@@H](C)O)CC(C)C)C(=O)N[C@@H](Cc1c[nH]c2ccccc12)C(N)=O. The first kappa shape index (κ1) is 72.2. The van der Waals surface area contributed by atoms with Crippen molar-refractivity contribution in [2.75, 3.05) is 20.1 Å². The van der Waals surface area contributed by atoms with Crippen molar-refractivity contribution >= 4 is 81.5 Å². The standard InChI is InChI=1S/C64H87N11O14/c1-37(2)28-42(55(80)32-43(17-13-27-69-63(66)68-5)60(86)74-52(59(65)85)31-45-35-70-49-19-11-10-18-47(45)49)16-9-12-20-54(79)50(29-40-14-7-6-8-15-40)73-62(88)48(38(3)76)34-57(82)53(36-71-64(67)89)75-61(87)44(23-26-58(83)84)33-56(81)51(72-39(4)77)30-41-21-24-46(78)25-22-41/h6-11,14-16,18-19,21-22,24-25,35,37-38,42-44,48,50-53,70,76,78H,12-13,17,20,23,26-34,36H2,1-5H3,(H2,65,85)(H,72,77)(H,73,88)(H,74,86)(H,75,87)(H,83,84)(H3,66,68,69)(H3,67,71,89)/b16-9+/t38-,42+,43-,44-,48+,50+,51-,52+,53+/m1/s1. The number of hydrogen-bond acceptors (Lipinski definition) is 14. The first-order valence-electron chi connectivity index (χ1n) is 29.8. The fraction of sp³-hybridized carbons (Fsp3) is 0.469. The number of H-pyrrole nitrogens is 1. The van der Waals surface area contributed by atoms with Crippen LogP contribution < -0.4 is 49.1 Å². The number of aromatic hydroxyl groups is 1. The topological polar surface area (TPSA) is 427 Å². The number of guanidine groups is 1. The quantitative estimate of drug-likeness (QED) is 0.0132. The number of allylic oxidation sites excluding steroid dienone is 2. The summed E-state index contributed by atoms with van der Waals surface area (Å²) in [4.78, 5) is 155. The summed E-state index contributed by atoms with van der Waals surface area (Å²) in [5.41, 5.74) is 19.8. The van der Waals surface area contributed by atoms with Gasteiger partial charge in [-0.3, -0.25) is 52.9 Å². The number of benzene rings is 3. The lowest BCUT2D eigenvalue weighted by atomic mass is 9.85. The molecule has 482 valence electrons. The molecule has 7 amide bonds. The molecular weight excluding hydrogens is 1150 g/mol. The average molecular weight is 1230 g/mol. The number of aliphatic hydroxyl groups is 1. The van der Waals surface area contributed by atoms with Crippen LogP contribution in [0.5, 0.6) is 5.75 Å². The molecule has 3 aromatic carbocycles.